The highest BCUT2D eigenvalue weighted by molar-refractivity contribution is 6.09. The maximum Gasteiger partial charge on any atom is 0.342 e. The van der Waals surface area contributed by atoms with Crippen molar-refractivity contribution in [3.63, 3.8) is 0 Å². The second-order valence-corrected chi connectivity index (χ2v) is 3.45. The Morgan fingerprint density at radius 3 is 3.06 bits per heavy atom. The van der Waals surface area contributed by atoms with Gasteiger partial charge in [0.05, 0.1) is 17.8 Å². The van der Waals surface area contributed by atoms with Gasteiger partial charge in [-0.1, -0.05) is 0 Å². The molecule has 2 aromatic rings. The second-order valence-electron chi connectivity index (χ2n) is 3.45. The Bertz CT molecular complexity index is 545. The molecule has 0 aliphatic rings. The lowest BCUT2D eigenvalue weighted by atomic mass is 10.2. The van der Waals surface area contributed by atoms with E-state index in [1.165, 1.54) is 0 Å². The number of rotatable bonds is 2. The number of ether oxygens (including phenoxy) is 1. The summed E-state index contributed by atoms with van der Waals surface area (Å²) in [5.74, 6) is -0.0820. The second kappa shape index (κ2) is 3.84. The molecule has 0 unspecified atom stereocenters. The quantitative estimate of drug-likeness (QED) is 0.752. The predicted molar refractivity (Wildman–Crippen MR) is 61.2 cm³/mol. The van der Waals surface area contributed by atoms with E-state index in [1.54, 1.807) is 19.2 Å². The van der Waals surface area contributed by atoms with Gasteiger partial charge in [-0.15, -0.1) is 0 Å². The summed E-state index contributed by atoms with van der Waals surface area (Å²) < 4.78 is 4.96. The Morgan fingerprint density at radius 2 is 2.38 bits per heavy atom. The van der Waals surface area contributed by atoms with Crippen LogP contribution in [0.5, 0.6) is 0 Å². The van der Waals surface area contributed by atoms with Crippen LogP contribution in [0.1, 0.15) is 23.0 Å². The number of nitrogens with two attached hydrogens (primary N) is 1. The van der Waals surface area contributed by atoms with E-state index in [-0.39, 0.29) is 0 Å². The molecular weight excluding hydrogens is 206 g/mol. The van der Waals surface area contributed by atoms with Gasteiger partial charge >= 0.3 is 5.97 Å². The summed E-state index contributed by atoms with van der Waals surface area (Å²) in [6.07, 6.45) is 1.65. The molecule has 0 radical (unpaired) electrons. The lowest BCUT2D eigenvalue weighted by Crippen LogP contribution is -2.06. The molecule has 5 heteroatoms. The number of pyridine rings is 1. The molecule has 0 aliphatic heterocycles. The maximum atomic E-state index is 11.7. The van der Waals surface area contributed by atoms with Crippen LogP contribution in [-0.2, 0) is 4.74 Å². The van der Waals surface area contributed by atoms with Crippen LogP contribution in [0.2, 0.25) is 0 Å². The topological polar surface area (TPSA) is 81.0 Å². The molecule has 84 valence electrons. The van der Waals surface area contributed by atoms with Crippen LogP contribution in [0.4, 0.5) is 5.82 Å². The zero-order chi connectivity index (χ0) is 11.7. The van der Waals surface area contributed by atoms with E-state index in [0.29, 0.717) is 18.0 Å². The van der Waals surface area contributed by atoms with Crippen molar-refractivity contribution in [2.24, 2.45) is 0 Å². The van der Waals surface area contributed by atoms with Crippen LogP contribution >= 0.6 is 0 Å². The molecule has 3 N–H and O–H groups in total. The van der Waals surface area contributed by atoms with E-state index in [4.69, 9.17) is 10.5 Å². The first-order chi connectivity index (χ1) is 7.65. The number of aromatic amines is 1. The highest BCUT2D eigenvalue weighted by Crippen LogP contribution is 2.26. The fourth-order valence-corrected chi connectivity index (χ4v) is 1.70. The van der Waals surface area contributed by atoms with Gasteiger partial charge in [0.15, 0.2) is 0 Å². The number of aryl methyl sites for hydroxylation is 1. The van der Waals surface area contributed by atoms with Crippen LogP contribution in [0.3, 0.4) is 0 Å². The van der Waals surface area contributed by atoms with Crippen molar-refractivity contribution >= 4 is 22.7 Å². The van der Waals surface area contributed by atoms with Gasteiger partial charge < -0.3 is 15.5 Å². The molecular formula is C11H13N3O2. The average Bonchev–Trinajstić information content (AvgIpc) is 2.56. The Hall–Kier alpha value is -2.04. The van der Waals surface area contributed by atoms with Crippen molar-refractivity contribution < 1.29 is 9.53 Å². The van der Waals surface area contributed by atoms with Gasteiger partial charge in [0, 0.05) is 11.6 Å². The number of H-pyrrole nitrogens is 1. The van der Waals surface area contributed by atoms with Crippen molar-refractivity contribution in [1.29, 1.82) is 0 Å². The van der Waals surface area contributed by atoms with E-state index < -0.39 is 5.97 Å². The van der Waals surface area contributed by atoms with Gasteiger partial charge in [-0.3, -0.25) is 4.98 Å². The SMILES string of the molecule is CCOC(=O)c1c(N)[nH]c2c(C)nccc12. The largest absolute Gasteiger partial charge is 0.462 e. The van der Waals surface area contributed by atoms with Crippen molar-refractivity contribution in [2.75, 3.05) is 12.3 Å². The number of nitrogen functional groups attached to an aromatic ring is 1. The molecule has 16 heavy (non-hydrogen) atoms. The first kappa shape index (κ1) is 10.5. The molecule has 0 fully saturated rings. The summed E-state index contributed by atoms with van der Waals surface area (Å²) in [7, 11) is 0. The molecule has 0 atom stereocenters. The minimum absolute atomic E-state index is 0.324. The number of carbonyl (C=O) groups excluding carboxylic acids is 1. The number of anilines is 1. The standard InChI is InChI=1S/C11H13N3O2/c1-3-16-11(15)8-7-4-5-13-6(2)9(7)14-10(8)12/h4-5,14H,3,12H2,1-2H3. The predicted octanol–water partition coefficient (Wildman–Crippen LogP) is 1.63. The molecule has 0 amide bonds. The molecule has 0 saturated carbocycles. The van der Waals surface area contributed by atoms with Gasteiger partial charge in [-0.2, -0.15) is 0 Å². The summed E-state index contributed by atoms with van der Waals surface area (Å²) in [4.78, 5) is 18.8. The molecule has 5 nitrogen and oxygen atoms in total. The molecule has 0 saturated heterocycles. The van der Waals surface area contributed by atoms with E-state index in [2.05, 4.69) is 9.97 Å². The third kappa shape index (κ3) is 1.50. The number of nitrogens with one attached hydrogen (secondary N) is 1. The Balaban J connectivity index is 2.65. The van der Waals surface area contributed by atoms with Crippen molar-refractivity contribution in [3.8, 4) is 0 Å². The molecule has 0 aromatic carbocycles. The number of fused-ring (bicyclic) bond motifs is 1. The van der Waals surface area contributed by atoms with Crippen LogP contribution in [0.15, 0.2) is 12.3 Å². The van der Waals surface area contributed by atoms with Crippen molar-refractivity contribution in [2.45, 2.75) is 13.8 Å². The first-order valence-electron chi connectivity index (χ1n) is 5.05. The van der Waals surface area contributed by atoms with Gasteiger partial charge in [0.2, 0.25) is 0 Å². The van der Waals surface area contributed by atoms with Gasteiger partial charge in [-0.05, 0) is 19.9 Å². The monoisotopic (exact) mass is 219 g/mol. The normalized spacial score (nSPS) is 10.6. The van der Waals surface area contributed by atoms with Gasteiger partial charge in [0.1, 0.15) is 11.4 Å². The highest BCUT2D eigenvalue weighted by atomic mass is 16.5. The number of nitrogens with zero attached hydrogens (tertiary/aromatic N) is 1. The van der Waals surface area contributed by atoms with E-state index in [9.17, 15) is 4.79 Å². The zero-order valence-corrected chi connectivity index (χ0v) is 9.20. The van der Waals surface area contributed by atoms with Crippen LogP contribution in [0.25, 0.3) is 10.9 Å². The summed E-state index contributed by atoms with van der Waals surface area (Å²) >= 11 is 0. The van der Waals surface area contributed by atoms with E-state index >= 15 is 0 Å². The number of hydrogen-bond donors (Lipinski definition) is 2. The molecule has 0 aliphatic carbocycles. The lowest BCUT2D eigenvalue weighted by Gasteiger charge is -2.00. The summed E-state index contributed by atoms with van der Waals surface area (Å²) in [5, 5.41) is 0.753. The minimum Gasteiger partial charge on any atom is -0.462 e. The van der Waals surface area contributed by atoms with Gasteiger partial charge in [-0.25, -0.2) is 4.79 Å². The highest BCUT2D eigenvalue weighted by Gasteiger charge is 2.18. The molecule has 2 rings (SSSR count). The smallest absolute Gasteiger partial charge is 0.342 e. The average molecular weight is 219 g/mol. The number of esters is 1. The first-order valence-corrected chi connectivity index (χ1v) is 5.05. The van der Waals surface area contributed by atoms with E-state index in [0.717, 1.165) is 16.6 Å². The maximum absolute atomic E-state index is 11.7. The van der Waals surface area contributed by atoms with Crippen molar-refractivity contribution in [1.82, 2.24) is 9.97 Å². The summed E-state index contributed by atoms with van der Waals surface area (Å²) in [6.45, 7) is 3.94. The van der Waals surface area contributed by atoms with Crippen molar-refractivity contribution in [3.05, 3.63) is 23.5 Å². The molecule has 0 spiro atoms. The van der Waals surface area contributed by atoms with Crippen LogP contribution < -0.4 is 5.73 Å². The molecule has 2 heterocycles. The third-order valence-corrected chi connectivity index (χ3v) is 2.42. The Labute approximate surface area is 92.6 Å². The number of hydrogen-bond acceptors (Lipinski definition) is 4. The zero-order valence-electron chi connectivity index (χ0n) is 9.20. The number of aromatic nitrogens is 2. The molecule has 2 aromatic heterocycles. The number of carbonyl (C=O) groups is 1. The van der Waals surface area contributed by atoms with Gasteiger partial charge in [0.25, 0.3) is 0 Å². The Kier molecular flexibility index (Phi) is 2.52. The van der Waals surface area contributed by atoms with E-state index in [1.807, 2.05) is 6.92 Å². The van der Waals surface area contributed by atoms with Crippen LogP contribution in [0, 0.1) is 6.92 Å². The summed E-state index contributed by atoms with van der Waals surface area (Å²) in [5.41, 5.74) is 7.75. The fourth-order valence-electron chi connectivity index (χ4n) is 1.70. The summed E-state index contributed by atoms with van der Waals surface area (Å²) in [6, 6.07) is 1.75. The lowest BCUT2D eigenvalue weighted by molar-refractivity contribution is 0.0530. The Morgan fingerprint density at radius 1 is 1.62 bits per heavy atom. The third-order valence-electron chi connectivity index (χ3n) is 2.42. The molecule has 0 bridgehead atoms. The minimum atomic E-state index is -0.406. The fraction of sp³-hybridized carbons (Fsp3) is 0.273. The van der Waals surface area contributed by atoms with Crippen LogP contribution in [-0.4, -0.2) is 22.5 Å².